The van der Waals surface area contributed by atoms with Crippen LogP contribution in [0.25, 0.3) is 0 Å². The molecule has 0 aliphatic rings. The van der Waals surface area contributed by atoms with Gasteiger partial charge in [0.25, 0.3) is 11.8 Å². The third-order valence-electron chi connectivity index (χ3n) is 3.86. The summed E-state index contributed by atoms with van der Waals surface area (Å²) in [6.45, 7) is 3.05. The summed E-state index contributed by atoms with van der Waals surface area (Å²) in [6, 6.07) is 8.07. The summed E-state index contributed by atoms with van der Waals surface area (Å²) in [4.78, 5) is 25.9. The maximum atomic E-state index is 12.5. The van der Waals surface area contributed by atoms with Gasteiger partial charge in [0.05, 0.1) is 18.7 Å². The van der Waals surface area contributed by atoms with E-state index in [0.29, 0.717) is 13.1 Å². The van der Waals surface area contributed by atoms with Gasteiger partial charge in [-0.15, -0.1) is 11.3 Å². The van der Waals surface area contributed by atoms with Gasteiger partial charge in [0.1, 0.15) is 0 Å². The van der Waals surface area contributed by atoms with Crippen molar-refractivity contribution in [3.63, 3.8) is 0 Å². The molecule has 0 aliphatic heterocycles. The van der Waals surface area contributed by atoms with Gasteiger partial charge in [0, 0.05) is 10.6 Å². The lowest BCUT2D eigenvalue weighted by molar-refractivity contribution is -0.881. The highest BCUT2D eigenvalue weighted by molar-refractivity contribution is 7.09. The van der Waals surface area contributed by atoms with Crippen LogP contribution in [0.15, 0.2) is 41.8 Å². The summed E-state index contributed by atoms with van der Waals surface area (Å²) >= 11 is 1.55. The number of amides is 2. The number of carbonyl (C=O) groups is 2. The smallest absolute Gasteiger partial charge is 0.346 e. The first-order valence-corrected chi connectivity index (χ1v) is 9.25. The molecule has 0 saturated heterocycles. The van der Waals surface area contributed by atoms with E-state index in [1.165, 1.54) is 12.1 Å². The fraction of sp³-hybridized carbons (Fsp3) is 0.333. The Labute approximate surface area is 159 Å². The molecule has 3 N–H and O–H groups in total. The Bertz CT molecular complexity index is 746. The average molecular weight is 400 g/mol. The quantitative estimate of drug-likeness (QED) is 0.634. The van der Waals surface area contributed by atoms with Gasteiger partial charge < -0.3 is 15.5 Å². The van der Waals surface area contributed by atoms with Crippen molar-refractivity contribution >= 4 is 28.8 Å². The van der Waals surface area contributed by atoms with E-state index in [-0.39, 0.29) is 30.6 Å². The van der Waals surface area contributed by atoms with Crippen molar-refractivity contribution in [2.75, 3.05) is 25.0 Å². The number of hydrogen-bond donors (Lipinski definition) is 3. The molecule has 2 aromatic rings. The van der Waals surface area contributed by atoms with Crippen LogP contribution in [0, 0.1) is 0 Å². The number of alkyl halides is 3. The van der Waals surface area contributed by atoms with Crippen LogP contribution in [0.2, 0.25) is 0 Å². The molecule has 1 aromatic heterocycles. The number of thiophene rings is 1. The number of likely N-dealkylation sites (N-methyl/N-ethyl adjacent to an activating group) is 1. The van der Waals surface area contributed by atoms with E-state index in [1.807, 2.05) is 24.4 Å². The molecule has 2 rings (SSSR count). The Morgan fingerprint density at radius 2 is 1.74 bits per heavy atom. The Kier molecular flexibility index (Phi) is 7.37. The average Bonchev–Trinajstić information content (AvgIpc) is 3.12. The minimum Gasteiger partial charge on any atom is -0.346 e. The number of nitrogens with one attached hydrogen (secondary N) is 3. The number of quaternary nitrogens is 1. The predicted octanol–water partition coefficient (Wildman–Crippen LogP) is 1.93. The van der Waals surface area contributed by atoms with Gasteiger partial charge in [-0.25, -0.2) is 0 Å². The van der Waals surface area contributed by atoms with Crippen LogP contribution < -0.4 is 15.5 Å². The molecule has 146 valence electrons. The first kappa shape index (κ1) is 20.9. The zero-order chi connectivity index (χ0) is 19.9. The van der Waals surface area contributed by atoms with Gasteiger partial charge >= 0.3 is 6.18 Å². The summed E-state index contributed by atoms with van der Waals surface area (Å²) in [7, 11) is 0. The summed E-state index contributed by atoms with van der Waals surface area (Å²) in [6.07, 6.45) is -4.41. The highest BCUT2D eigenvalue weighted by Gasteiger charge is 2.30. The molecular weight excluding hydrogens is 379 g/mol. The molecule has 0 aliphatic carbocycles. The summed E-state index contributed by atoms with van der Waals surface area (Å²) < 4.78 is 37.6. The van der Waals surface area contributed by atoms with Crippen molar-refractivity contribution in [3.05, 3.63) is 52.2 Å². The molecule has 5 nitrogen and oxygen atoms in total. The number of anilines is 1. The maximum Gasteiger partial charge on any atom is 0.416 e. The topological polar surface area (TPSA) is 62.6 Å². The lowest BCUT2D eigenvalue weighted by atomic mass is 10.2. The molecule has 0 spiro atoms. The minimum absolute atomic E-state index is 0.0456. The van der Waals surface area contributed by atoms with E-state index in [9.17, 15) is 22.8 Å². The Morgan fingerprint density at radius 3 is 2.30 bits per heavy atom. The normalized spacial score (nSPS) is 12.4. The molecular formula is C18H21F3N3O2S+. The van der Waals surface area contributed by atoms with Gasteiger partial charge in [0.15, 0.2) is 13.1 Å². The van der Waals surface area contributed by atoms with Crippen molar-refractivity contribution in [1.82, 2.24) is 5.32 Å². The van der Waals surface area contributed by atoms with Crippen LogP contribution in [0.3, 0.4) is 0 Å². The first-order chi connectivity index (χ1) is 12.8. The summed E-state index contributed by atoms with van der Waals surface area (Å²) in [5.41, 5.74) is -0.491. The van der Waals surface area contributed by atoms with Crippen LogP contribution in [-0.4, -0.2) is 31.4 Å². The molecule has 9 heteroatoms. The monoisotopic (exact) mass is 400 g/mol. The first-order valence-electron chi connectivity index (χ1n) is 8.37. The van der Waals surface area contributed by atoms with Crippen LogP contribution in [0.5, 0.6) is 0 Å². The second-order valence-corrected chi connectivity index (χ2v) is 6.97. The maximum absolute atomic E-state index is 12.5. The SMILES string of the molecule is CC[NH+](CC(=O)NCc1cccs1)CC(=O)Nc1ccc(C(F)(F)F)cc1. The van der Waals surface area contributed by atoms with Crippen molar-refractivity contribution in [3.8, 4) is 0 Å². The van der Waals surface area contributed by atoms with Crippen molar-refractivity contribution in [2.45, 2.75) is 19.6 Å². The zero-order valence-electron chi connectivity index (χ0n) is 14.7. The Hall–Kier alpha value is -2.39. The predicted molar refractivity (Wildman–Crippen MR) is 97.5 cm³/mol. The highest BCUT2D eigenvalue weighted by Crippen LogP contribution is 2.29. The number of hydrogen-bond acceptors (Lipinski definition) is 3. The van der Waals surface area contributed by atoms with E-state index >= 15 is 0 Å². The summed E-state index contributed by atoms with van der Waals surface area (Å²) in [5.74, 6) is -0.528. The lowest BCUT2D eigenvalue weighted by Crippen LogP contribution is -3.13. The number of benzene rings is 1. The van der Waals surface area contributed by atoms with Gasteiger partial charge in [0.2, 0.25) is 0 Å². The van der Waals surface area contributed by atoms with Crippen molar-refractivity contribution in [2.24, 2.45) is 0 Å². The molecule has 1 aromatic carbocycles. The standard InChI is InChI=1S/C18H20F3N3O2S/c1-2-24(11-16(25)22-10-15-4-3-9-27-15)12-17(26)23-14-7-5-13(6-8-14)18(19,20)21/h3-9H,2,10-12H2,1H3,(H,22,25)(H,23,26)/p+1. The van der Waals surface area contributed by atoms with Gasteiger partial charge in [-0.2, -0.15) is 13.2 Å². The van der Waals surface area contributed by atoms with Crippen molar-refractivity contribution < 1.29 is 27.7 Å². The Balaban J connectivity index is 1.80. The third-order valence-corrected chi connectivity index (χ3v) is 4.73. The van der Waals surface area contributed by atoms with Gasteiger partial charge in [-0.3, -0.25) is 9.59 Å². The number of rotatable bonds is 8. The lowest BCUT2D eigenvalue weighted by Gasteiger charge is -2.17. The van der Waals surface area contributed by atoms with Crippen LogP contribution in [0.1, 0.15) is 17.4 Å². The van der Waals surface area contributed by atoms with Crippen LogP contribution in [0.4, 0.5) is 18.9 Å². The van der Waals surface area contributed by atoms with Crippen LogP contribution in [-0.2, 0) is 22.3 Å². The minimum atomic E-state index is -4.41. The van der Waals surface area contributed by atoms with E-state index in [4.69, 9.17) is 0 Å². The fourth-order valence-electron chi connectivity index (χ4n) is 2.38. The number of carbonyl (C=O) groups excluding carboxylic acids is 2. The molecule has 1 unspecified atom stereocenters. The molecule has 0 saturated carbocycles. The van der Waals surface area contributed by atoms with Crippen molar-refractivity contribution in [1.29, 1.82) is 0 Å². The molecule has 0 bridgehead atoms. The number of halogens is 3. The fourth-order valence-corrected chi connectivity index (χ4v) is 3.02. The van der Waals surface area contributed by atoms with Crippen LogP contribution >= 0.6 is 11.3 Å². The van der Waals surface area contributed by atoms with Gasteiger partial charge in [-0.1, -0.05) is 6.07 Å². The van der Waals surface area contributed by atoms with E-state index in [2.05, 4.69) is 10.6 Å². The van der Waals surface area contributed by atoms with E-state index in [1.54, 1.807) is 11.3 Å². The van der Waals surface area contributed by atoms with E-state index < -0.39 is 11.7 Å². The Morgan fingerprint density at radius 1 is 1.07 bits per heavy atom. The molecule has 0 radical (unpaired) electrons. The second kappa shape index (κ2) is 9.52. The molecule has 1 atom stereocenters. The summed E-state index contributed by atoms with van der Waals surface area (Å²) in [5, 5.41) is 7.29. The molecule has 0 fully saturated rings. The van der Waals surface area contributed by atoms with E-state index in [0.717, 1.165) is 21.9 Å². The second-order valence-electron chi connectivity index (χ2n) is 5.94. The zero-order valence-corrected chi connectivity index (χ0v) is 15.5. The highest BCUT2D eigenvalue weighted by atomic mass is 32.1. The largest absolute Gasteiger partial charge is 0.416 e. The molecule has 27 heavy (non-hydrogen) atoms. The van der Waals surface area contributed by atoms with Gasteiger partial charge in [-0.05, 0) is 42.6 Å². The third kappa shape index (κ3) is 7.03. The molecule has 1 heterocycles. The molecule has 2 amide bonds.